The van der Waals surface area contributed by atoms with E-state index < -0.39 is 0 Å². The maximum Gasteiger partial charge on any atom is 0.217 e. The number of piperidine rings is 1. The predicted molar refractivity (Wildman–Crippen MR) is 63.5 cm³/mol. The lowest BCUT2D eigenvalue weighted by molar-refractivity contribution is 0.391. The van der Waals surface area contributed by atoms with Gasteiger partial charge in [0.2, 0.25) is 5.88 Å². The Morgan fingerprint density at radius 3 is 2.88 bits per heavy atom. The first-order valence-electron chi connectivity index (χ1n) is 5.78. The van der Waals surface area contributed by atoms with E-state index in [4.69, 9.17) is 10.5 Å². The van der Waals surface area contributed by atoms with Crippen LogP contribution < -0.4 is 15.8 Å². The van der Waals surface area contributed by atoms with Crippen molar-refractivity contribution < 1.29 is 4.74 Å². The van der Waals surface area contributed by atoms with Crippen molar-refractivity contribution in [2.75, 3.05) is 20.2 Å². The van der Waals surface area contributed by atoms with Gasteiger partial charge in [-0.3, -0.25) is 0 Å². The molecule has 4 nitrogen and oxygen atoms in total. The Labute approximate surface area is 96.2 Å². The Bertz CT molecular complexity index is 348. The van der Waals surface area contributed by atoms with E-state index in [9.17, 15) is 0 Å². The van der Waals surface area contributed by atoms with Crippen molar-refractivity contribution in [3.63, 3.8) is 0 Å². The SMILES string of the molecule is COc1ncc(C2CCNCC2)cc1CN. The van der Waals surface area contributed by atoms with Gasteiger partial charge in [0.05, 0.1) is 7.11 Å². The summed E-state index contributed by atoms with van der Waals surface area (Å²) < 4.78 is 5.18. The number of methoxy groups -OCH3 is 1. The molecule has 0 spiro atoms. The highest BCUT2D eigenvalue weighted by Gasteiger charge is 2.16. The van der Waals surface area contributed by atoms with Gasteiger partial charge in [-0.05, 0) is 43.5 Å². The number of rotatable bonds is 3. The number of nitrogens with one attached hydrogen (secondary N) is 1. The Kier molecular flexibility index (Phi) is 3.74. The second kappa shape index (κ2) is 5.27. The van der Waals surface area contributed by atoms with Crippen LogP contribution in [0, 0.1) is 0 Å². The molecule has 0 aliphatic carbocycles. The third-order valence-corrected chi connectivity index (χ3v) is 3.17. The highest BCUT2D eigenvalue weighted by atomic mass is 16.5. The Balaban J connectivity index is 2.20. The Morgan fingerprint density at radius 2 is 2.25 bits per heavy atom. The van der Waals surface area contributed by atoms with E-state index >= 15 is 0 Å². The zero-order valence-electron chi connectivity index (χ0n) is 9.70. The summed E-state index contributed by atoms with van der Waals surface area (Å²) in [5.41, 5.74) is 7.99. The second-order valence-corrected chi connectivity index (χ2v) is 4.17. The first-order valence-corrected chi connectivity index (χ1v) is 5.78. The van der Waals surface area contributed by atoms with Crippen LogP contribution in [0.4, 0.5) is 0 Å². The van der Waals surface area contributed by atoms with Crippen LogP contribution in [0.15, 0.2) is 12.3 Å². The van der Waals surface area contributed by atoms with Crippen LogP contribution in [-0.4, -0.2) is 25.2 Å². The number of hydrogen-bond acceptors (Lipinski definition) is 4. The minimum absolute atomic E-state index is 0.481. The zero-order valence-corrected chi connectivity index (χ0v) is 9.70. The minimum atomic E-state index is 0.481. The summed E-state index contributed by atoms with van der Waals surface area (Å²) in [6.45, 7) is 2.66. The lowest BCUT2D eigenvalue weighted by atomic mass is 9.90. The van der Waals surface area contributed by atoms with Gasteiger partial charge in [-0.25, -0.2) is 4.98 Å². The van der Waals surface area contributed by atoms with E-state index in [0.29, 0.717) is 18.3 Å². The smallest absolute Gasteiger partial charge is 0.217 e. The molecule has 0 unspecified atom stereocenters. The largest absolute Gasteiger partial charge is 0.481 e. The van der Waals surface area contributed by atoms with Crippen molar-refractivity contribution in [3.05, 3.63) is 23.4 Å². The van der Waals surface area contributed by atoms with Gasteiger partial charge >= 0.3 is 0 Å². The molecular formula is C12H19N3O. The summed E-state index contributed by atoms with van der Waals surface area (Å²) in [5.74, 6) is 1.27. The molecule has 0 bridgehead atoms. The Hall–Kier alpha value is -1.13. The number of aromatic nitrogens is 1. The standard InChI is InChI=1S/C12H19N3O/c1-16-12-10(7-13)6-11(8-15-12)9-2-4-14-5-3-9/h6,8-9,14H,2-5,7,13H2,1H3. The molecule has 1 saturated heterocycles. The maximum atomic E-state index is 5.69. The average molecular weight is 221 g/mol. The van der Waals surface area contributed by atoms with Crippen LogP contribution in [0.1, 0.15) is 29.9 Å². The molecule has 3 N–H and O–H groups in total. The molecule has 16 heavy (non-hydrogen) atoms. The fourth-order valence-corrected chi connectivity index (χ4v) is 2.22. The molecule has 0 amide bonds. The van der Waals surface area contributed by atoms with Crippen LogP contribution in [0.25, 0.3) is 0 Å². The fourth-order valence-electron chi connectivity index (χ4n) is 2.22. The van der Waals surface area contributed by atoms with Crippen LogP contribution in [0.2, 0.25) is 0 Å². The van der Waals surface area contributed by atoms with Crippen LogP contribution in [-0.2, 0) is 6.54 Å². The van der Waals surface area contributed by atoms with Crippen molar-refractivity contribution in [1.82, 2.24) is 10.3 Å². The molecule has 0 aromatic carbocycles. The van der Waals surface area contributed by atoms with Crippen LogP contribution >= 0.6 is 0 Å². The predicted octanol–water partition coefficient (Wildman–Crippen LogP) is 1.02. The summed E-state index contributed by atoms with van der Waals surface area (Å²) in [6.07, 6.45) is 4.28. The van der Waals surface area contributed by atoms with Crippen molar-refractivity contribution >= 4 is 0 Å². The molecule has 0 saturated carbocycles. The lowest BCUT2D eigenvalue weighted by Crippen LogP contribution is -2.26. The van der Waals surface area contributed by atoms with Crippen LogP contribution in [0.5, 0.6) is 5.88 Å². The van der Waals surface area contributed by atoms with Gasteiger partial charge in [-0.2, -0.15) is 0 Å². The van der Waals surface area contributed by atoms with Crippen molar-refractivity contribution in [2.45, 2.75) is 25.3 Å². The summed E-state index contributed by atoms with van der Waals surface area (Å²) >= 11 is 0. The Morgan fingerprint density at radius 1 is 1.50 bits per heavy atom. The maximum absolute atomic E-state index is 5.69. The highest BCUT2D eigenvalue weighted by molar-refractivity contribution is 5.31. The number of pyridine rings is 1. The highest BCUT2D eigenvalue weighted by Crippen LogP contribution is 2.27. The van der Waals surface area contributed by atoms with E-state index in [1.165, 1.54) is 18.4 Å². The monoisotopic (exact) mass is 221 g/mol. The van der Waals surface area contributed by atoms with Gasteiger partial charge in [0.1, 0.15) is 0 Å². The molecule has 1 aromatic rings. The molecule has 4 heteroatoms. The molecule has 0 radical (unpaired) electrons. The topological polar surface area (TPSA) is 60.2 Å². The average Bonchev–Trinajstić information content (AvgIpc) is 2.39. The third-order valence-electron chi connectivity index (χ3n) is 3.17. The van der Waals surface area contributed by atoms with Crippen molar-refractivity contribution in [3.8, 4) is 5.88 Å². The number of nitrogens with zero attached hydrogens (tertiary/aromatic N) is 1. The van der Waals surface area contributed by atoms with E-state index in [2.05, 4.69) is 16.4 Å². The van der Waals surface area contributed by atoms with Gasteiger partial charge < -0.3 is 15.8 Å². The summed E-state index contributed by atoms with van der Waals surface area (Å²) in [7, 11) is 1.63. The first-order chi connectivity index (χ1) is 7.85. The first kappa shape index (κ1) is 11.4. The van der Waals surface area contributed by atoms with Gasteiger partial charge in [-0.1, -0.05) is 0 Å². The second-order valence-electron chi connectivity index (χ2n) is 4.17. The molecule has 1 aliphatic heterocycles. The van der Waals surface area contributed by atoms with E-state index in [-0.39, 0.29) is 0 Å². The molecule has 88 valence electrons. The van der Waals surface area contributed by atoms with Crippen molar-refractivity contribution in [1.29, 1.82) is 0 Å². The molecule has 1 aliphatic rings. The summed E-state index contributed by atoms with van der Waals surface area (Å²) in [6, 6.07) is 2.14. The summed E-state index contributed by atoms with van der Waals surface area (Å²) in [5, 5.41) is 3.37. The van der Waals surface area contributed by atoms with Crippen LogP contribution in [0.3, 0.4) is 0 Å². The summed E-state index contributed by atoms with van der Waals surface area (Å²) in [4.78, 5) is 4.32. The van der Waals surface area contributed by atoms with E-state index in [0.717, 1.165) is 18.7 Å². The molecule has 0 atom stereocenters. The quantitative estimate of drug-likeness (QED) is 0.800. The molecule has 1 aromatic heterocycles. The normalized spacial score (nSPS) is 17.4. The molecule has 2 heterocycles. The zero-order chi connectivity index (χ0) is 11.4. The van der Waals surface area contributed by atoms with Gasteiger partial charge in [0.15, 0.2) is 0 Å². The van der Waals surface area contributed by atoms with E-state index in [1.807, 2.05) is 6.20 Å². The van der Waals surface area contributed by atoms with Crippen molar-refractivity contribution in [2.24, 2.45) is 5.73 Å². The molecular weight excluding hydrogens is 202 g/mol. The molecule has 2 rings (SSSR count). The van der Waals surface area contributed by atoms with Gasteiger partial charge in [0, 0.05) is 18.3 Å². The van der Waals surface area contributed by atoms with Gasteiger partial charge in [-0.15, -0.1) is 0 Å². The molecule has 1 fully saturated rings. The third kappa shape index (κ3) is 2.33. The number of ether oxygens (including phenoxy) is 1. The fraction of sp³-hybridized carbons (Fsp3) is 0.583. The lowest BCUT2D eigenvalue weighted by Gasteiger charge is -2.23. The number of nitrogens with two attached hydrogens (primary N) is 1. The van der Waals surface area contributed by atoms with E-state index in [1.54, 1.807) is 7.11 Å². The minimum Gasteiger partial charge on any atom is -0.481 e. The van der Waals surface area contributed by atoms with Gasteiger partial charge in [0.25, 0.3) is 0 Å². The number of hydrogen-bond donors (Lipinski definition) is 2.